The van der Waals surface area contributed by atoms with E-state index < -0.39 is 0 Å². The Labute approximate surface area is 161 Å². The lowest BCUT2D eigenvalue weighted by atomic mass is 10.2. The molecule has 6 nitrogen and oxygen atoms in total. The first-order valence-corrected chi connectivity index (χ1v) is 8.93. The van der Waals surface area contributed by atoms with Crippen molar-refractivity contribution in [2.45, 2.75) is 20.0 Å². The largest absolute Gasteiger partial charge is 0.497 e. The zero-order valence-electron chi connectivity index (χ0n) is 16.5. The predicted molar refractivity (Wildman–Crippen MR) is 105 cm³/mol. The number of nitrogens with one attached hydrogen (secondary N) is 1. The van der Waals surface area contributed by atoms with Crippen LogP contribution in [0.25, 0.3) is 0 Å². The van der Waals surface area contributed by atoms with Crippen molar-refractivity contribution in [3.8, 4) is 17.2 Å². The molecule has 0 bridgehead atoms. The molecule has 0 radical (unpaired) electrons. The van der Waals surface area contributed by atoms with Crippen LogP contribution in [-0.4, -0.2) is 45.2 Å². The molecule has 1 N–H and O–H groups in total. The smallest absolute Gasteiger partial charge is 0.234 e. The summed E-state index contributed by atoms with van der Waals surface area (Å²) in [6.45, 7) is 3.97. The first kappa shape index (κ1) is 20.6. The molecular weight excluding hydrogens is 344 g/mol. The van der Waals surface area contributed by atoms with Crippen LogP contribution >= 0.6 is 0 Å². The highest BCUT2D eigenvalue weighted by Gasteiger charge is 2.10. The number of nitrogens with zero attached hydrogens (tertiary/aromatic N) is 1. The van der Waals surface area contributed by atoms with Crippen molar-refractivity contribution in [3.05, 3.63) is 53.6 Å². The van der Waals surface area contributed by atoms with E-state index in [2.05, 4.69) is 5.32 Å². The van der Waals surface area contributed by atoms with E-state index in [0.717, 1.165) is 22.6 Å². The molecule has 2 rings (SSSR count). The van der Waals surface area contributed by atoms with Gasteiger partial charge in [-0.2, -0.15) is 0 Å². The second-order valence-electron chi connectivity index (χ2n) is 6.22. The van der Waals surface area contributed by atoms with Crippen LogP contribution in [0.2, 0.25) is 0 Å². The molecule has 0 saturated carbocycles. The Balaban J connectivity index is 1.83. The zero-order valence-corrected chi connectivity index (χ0v) is 16.5. The van der Waals surface area contributed by atoms with Crippen LogP contribution in [0.15, 0.2) is 42.5 Å². The highest BCUT2D eigenvalue weighted by molar-refractivity contribution is 5.77. The number of amides is 1. The van der Waals surface area contributed by atoms with Gasteiger partial charge in [0.2, 0.25) is 5.91 Å². The Morgan fingerprint density at radius 2 is 1.70 bits per heavy atom. The van der Waals surface area contributed by atoms with Crippen molar-refractivity contribution in [2.24, 2.45) is 0 Å². The van der Waals surface area contributed by atoms with Gasteiger partial charge in [-0.1, -0.05) is 18.2 Å². The first-order chi connectivity index (χ1) is 13.0. The normalized spacial score (nSPS) is 10.6. The van der Waals surface area contributed by atoms with Gasteiger partial charge in [0.15, 0.2) is 11.5 Å². The molecule has 6 heteroatoms. The van der Waals surface area contributed by atoms with Gasteiger partial charge in [-0.15, -0.1) is 0 Å². The summed E-state index contributed by atoms with van der Waals surface area (Å²) in [6.07, 6.45) is 0. The maximum Gasteiger partial charge on any atom is 0.234 e. The fourth-order valence-electron chi connectivity index (χ4n) is 2.70. The zero-order chi connectivity index (χ0) is 19.6. The Morgan fingerprint density at radius 1 is 1.00 bits per heavy atom. The maximum absolute atomic E-state index is 12.2. The molecule has 2 aromatic carbocycles. The summed E-state index contributed by atoms with van der Waals surface area (Å²) in [5, 5.41) is 2.94. The van der Waals surface area contributed by atoms with E-state index in [0.29, 0.717) is 32.0 Å². The summed E-state index contributed by atoms with van der Waals surface area (Å²) in [4.78, 5) is 14.1. The molecule has 0 spiro atoms. The summed E-state index contributed by atoms with van der Waals surface area (Å²) >= 11 is 0. The number of hydrogen-bond donors (Lipinski definition) is 1. The minimum atomic E-state index is -0.0220. The topological polar surface area (TPSA) is 60.0 Å². The van der Waals surface area contributed by atoms with Gasteiger partial charge in [-0.25, -0.2) is 0 Å². The third kappa shape index (κ3) is 6.49. The van der Waals surface area contributed by atoms with E-state index in [1.165, 1.54) is 0 Å². The summed E-state index contributed by atoms with van der Waals surface area (Å²) in [6, 6.07) is 13.5. The van der Waals surface area contributed by atoms with E-state index in [4.69, 9.17) is 14.2 Å². The van der Waals surface area contributed by atoms with Gasteiger partial charge < -0.3 is 19.5 Å². The molecule has 0 aliphatic heterocycles. The summed E-state index contributed by atoms with van der Waals surface area (Å²) in [7, 11) is 5.17. The number of carbonyl (C=O) groups is 1. The molecule has 0 aliphatic rings. The average Bonchev–Trinajstić information content (AvgIpc) is 2.68. The standard InChI is InChI=1S/C21H28N2O4/c1-5-27-19-11-8-17(12-20(19)26-4)14-23(2)15-21(24)22-13-16-6-9-18(25-3)10-7-16/h6-12H,5,13-15H2,1-4H3,(H,22,24). The van der Waals surface area contributed by atoms with E-state index >= 15 is 0 Å². The third-order valence-electron chi connectivity index (χ3n) is 4.04. The van der Waals surface area contributed by atoms with Gasteiger partial charge in [0.25, 0.3) is 0 Å². The lowest BCUT2D eigenvalue weighted by molar-refractivity contribution is -0.122. The SMILES string of the molecule is CCOc1ccc(CN(C)CC(=O)NCc2ccc(OC)cc2)cc1OC. The van der Waals surface area contributed by atoms with Crippen molar-refractivity contribution in [1.82, 2.24) is 10.2 Å². The Kier molecular flexibility index (Phi) is 7.95. The lowest BCUT2D eigenvalue weighted by Crippen LogP contribution is -2.34. The third-order valence-corrected chi connectivity index (χ3v) is 4.04. The van der Waals surface area contributed by atoms with Crippen molar-refractivity contribution in [1.29, 1.82) is 0 Å². The second-order valence-corrected chi connectivity index (χ2v) is 6.22. The van der Waals surface area contributed by atoms with Crippen molar-refractivity contribution in [3.63, 3.8) is 0 Å². The number of ether oxygens (including phenoxy) is 3. The summed E-state index contributed by atoms with van der Waals surface area (Å²) in [5.74, 6) is 2.21. The quantitative estimate of drug-likeness (QED) is 0.695. The molecule has 2 aromatic rings. The number of hydrogen-bond acceptors (Lipinski definition) is 5. The van der Waals surface area contributed by atoms with E-state index in [-0.39, 0.29) is 5.91 Å². The molecule has 0 atom stereocenters. The van der Waals surface area contributed by atoms with Gasteiger partial charge in [0, 0.05) is 13.1 Å². The summed E-state index contributed by atoms with van der Waals surface area (Å²) in [5.41, 5.74) is 2.09. The minimum absolute atomic E-state index is 0.0220. The molecule has 0 saturated heterocycles. The Morgan fingerprint density at radius 3 is 2.33 bits per heavy atom. The van der Waals surface area contributed by atoms with Crippen LogP contribution in [0.4, 0.5) is 0 Å². The Hall–Kier alpha value is -2.73. The van der Waals surface area contributed by atoms with Gasteiger partial charge >= 0.3 is 0 Å². The van der Waals surface area contributed by atoms with Crippen LogP contribution < -0.4 is 19.5 Å². The molecule has 0 unspecified atom stereocenters. The molecule has 0 fully saturated rings. The van der Waals surface area contributed by atoms with Crippen LogP contribution in [-0.2, 0) is 17.9 Å². The lowest BCUT2D eigenvalue weighted by Gasteiger charge is -2.18. The molecule has 1 amide bonds. The van der Waals surface area contributed by atoms with Gasteiger partial charge in [0.1, 0.15) is 5.75 Å². The molecular formula is C21H28N2O4. The maximum atomic E-state index is 12.2. The first-order valence-electron chi connectivity index (χ1n) is 8.93. The minimum Gasteiger partial charge on any atom is -0.497 e. The van der Waals surface area contributed by atoms with Crippen molar-refractivity contribution < 1.29 is 19.0 Å². The molecule has 0 heterocycles. The molecule has 146 valence electrons. The van der Waals surface area contributed by atoms with Crippen molar-refractivity contribution >= 4 is 5.91 Å². The van der Waals surface area contributed by atoms with Crippen LogP contribution in [0.3, 0.4) is 0 Å². The van der Waals surface area contributed by atoms with Crippen LogP contribution in [0.5, 0.6) is 17.2 Å². The number of rotatable bonds is 10. The van der Waals surface area contributed by atoms with Crippen LogP contribution in [0.1, 0.15) is 18.1 Å². The van der Waals surface area contributed by atoms with Crippen LogP contribution in [0, 0.1) is 0 Å². The second kappa shape index (κ2) is 10.4. The van der Waals surface area contributed by atoms with E-state index in [1.54, 1.807) is 14.2 Å². The number of carbonyl (C=O) groups excluding carboxylic acids is 1. The van der Waals surface area contributed by atoms with Gasteiger partial charge in [-0.3, -0.25) is 9.69 Å². The van der Waals surface area contributed by atoms with Crippen molar-refractivity contribution in [2.75, 3.05) is 34.4 Å². The highest BCUT2D eigenvalue weighted by Crippen LogP contribution is 2.28. The molecule has 0 aliphatic carbocycles. The summed E-state index contributed by atoms with van der Waals surface area (Å²) < 4.78 is 16.0. The average molecular weight is 372 g/mol. The highest BCUT2D eigenvalue weighted by atomic mass is 16.5. The van der Waals surface area contributed by atoms with E-state index in [1.807, 2.05) is 61.3 Å². The Bertz CT molecular complexity index is 731. The number of benzene rings is 2. The fourth-order valence-corrected chi connectivity index (χ4v) is 2.70. The van der Waals surface area contributed by atoms with Gasteiger partial charge in [0.05, 0.1) is 27.4 Å². The molecule has 0 aromatic heterocycles. The van der Waals surface area contributed by atoms with E-state index in [9.17, 15) is 4.79 Å². The number of likely N-dealkylation sites (N-methyl/N-ethyl adjacent to an activating group) is 1. The van der Waals surface area contributed by atoms with Gasteiger partial charge in [-0.05, 0) is 49.4 Å². The monoisotopic (exact) mass is 372 g/mol. The number of methoxy groups -OCH3 is 2. The molecule has 27 heavy (non-hydrogen) atoms. The predicted octanol–water partition coefficient (Wildman–Crippen LogP) is 2.85. The fraction of sp³-hybridized carbons (Fsp3) is 0.381.